The van der Waals surface area contributed by atoms with Crippen molar-refractivity contribution in [1.29, 1.82) is 0 Å². The van der Waals surface area contributed by atoms with Crippen LogP contribution >= 0.6 is 11.6 Å². The van der Waals surface area contributed by atoms with Crippen molar-refractivity contribution in [3.63, 3.8) is 0 Å². The molecule has 10 heavy (non-hydrogen) atoms. The van der Waals surface area contributed by atoms with Gasteiger partial charge in [0, 0.05) is 25.3 Å². The molecular weight excluding hydrogens is 148 g/mol. The zero-order valence-electron chi connectivity index (χ0n) is 6.63. The predicted molar refractivity (Wildman–Crippen MR) is 44.3 cm³/mol. The van der Waals surface area contributed by atoms with Gasteiger partial charge in [0.1, 0.15) is 5.82 Å². The third-order valence-corrected chi connectivity index (χ3v) is 1.06. The van der Waals surface area contributed by atoms with Crippen molar-refractivity contribution >= 4 is 11.6 Å². The largest absolute Gasteiger partial charge is 0.338 e. The summed E-state index contributed by atoms with van der Waals surface area (Å²) in [5.41, 5.74) is 0. The minimum atomic E-state index is 0.722. The van der Waals surface area contributed by atoms with E-state index in [-0.39, 0.29) is 0 Å². The third-order valence-electron chi connectivity index (χ3n) is 1.06. The molecule has 1 rings (SSSR count). The summed E-state index contributed by atoms with van der Waals surface area (Å²) in [7, 11) is 1.97. The summed E-state index contributed by atoms with van der Waals surface area (Å²) < 4.78 is 1.97. The maximum absolute atomic E-state index is 5.00. The van der Waals surface area contributed by atoms with Crippen molar-refractivity contribution in [2.24, 2.45) is 7.05 Å². The first-order valence-corrected chi connectivity index (χ1v) is 3.75. The van der Waals surface area contributed by atoms with Gasteiger partial charge >= 0.3 is 0 Å². The van der Waals surface area contributed by atoms with Gasteiger partial charge in [0.05, 0.1) is 0 Å². The molecule has 0 atom stereocenters. The number of aromatic nitrogens is 2. The fourth-order valence-corrected chi connectivity index (χ4v) is 0.440. The molecule has 1 aromatic heterocycles. The van der Waals surface area contributed by atoms with Crippen LogP contribution < -0.4 is 0 Å². The van der Waals surface area contributed by atoms with Crippen molar-refractivity contribution < 1.29 is 0 Å². The summed E-state index contributed by atoms with van der Waals surface area (Å²) in [6.07, 6.45) is 3.71. The summed E-state index contributed by atoms with van der Waals surface area (Å²) in [4.78, 5) is 3.98. The number of alkyl halides is 1. The van der Waals surface area contributed by atoms with Crippen LogP contribution in [0, 0.1) is 6.92 Å². The molecule has 0 amide bonds. The van der Waals surface area contributed by atoms with E-state index in [4.69, 9.17) is 11.6 Å². The highest BCUT2D eigenvalue weighted by Crippen LogP contribution is 1.86. The number of halogens is 1. The average Bonchev–Trinajstić information content (AvgIpc) is 2.19. The van der Waals surface area contributed by atoms with E-state index in [2.05, 4.69) is 4.98 Å². The third kappa shape index (κ3) is 3.51. The lowest BCUT2D eigenvalue weighted by Crippen LogP contribution is -1.86. The first-order chi connectivity index (χ1) is 4.72. The summed E-state index contributed by atoms with van der Waals surface area (Å²) in [5, 5.41) is 0. The Labute approximate surface area is 66.8 Å². The van der Waals surface area contributed by atoms with E-state index < -0.39 is 0 Å². The smallest absolute Gasteiger partial charge is 0.105 e. The Bertz CT molecular complexity index is 155. The number of hydrogen-bond acceptors (Lipinski definition) is 1. The topological polar surface area (TPSA) is 17.8 Å². The zero-order valence-corrected chi connectivity index (χ0v) is 7.39. The van der Waals surface area contributed by atoms with E-state index in [1.165, 1.54) is 0 Å². The maximum atomic E-state index is 5.00. The van der Waals surface area contributed by atoms with E-state index in [0.717, 1.165) is 11.7 Å². The maximum Gasteiger partial charge on any atom is 0.105 e. The molecular formula is C7H13ClN2. The van der Waals surface area contributed by atoms with Gasteiger partial charge in [-0.25, -0.2) is 4.98 Å². The van der Waals surface area contributed by atoms with E-state index in [0.29, 0.717) is 0 Å². The summed E-state index contributed by atoms with van der Waals surface area (Å²) in [6.45, 7) is 3.86. The van der Waals surface area contributed by atoms with Gasteiger partial charge < -0.3 is 4.57 Å². The predicted octanol–water partition coefficient (Wildman–Crippen LogP) is 1.97. The minimum Gasteiger partial charge on any atom is -0.338 e. The van der Waals surface area contributed by atoms with Crippen molar-refractivity contribution in [2.75, 3.05) is 5.88 Å². The lowest BCUT2D eigenvalue weighted by atomic mass is 10.7. The number of nitrogens with zero attached hydrogens (tertiary/aromatic N) is 2. The van der Waals surface area contributed by atoms with Crippen LogP contribution in [0.4, 0.5) is 0 Å². The highest BCUT2D eigenvalue weighted by atomic mass is 35.5. The van der Waals surface area contributed by atoms with Crippen LogP contribution in [0.5, 0.6) is 0 Å². The molecule has 0 unspecified atom stereocenters. The molecule has 1 heterocycles. The Morgan fingerprint density at radius 1 is 1.70 bits per heavy atom. The van der Waals surface area contributed by atoms with Gasteiger partial charge in [-0.3, -0.25) is 0 Å². The monoisotopic (exact) mass is 160 g/mol. The van der Waals surface area contributed by atoms with Crippen LogP contribution in [0.25, 0.3) is 0 Å². The summed E-state index contributed by atoms with van der Waals surface area (Å²) >= 11 is 5.00. The van der Waals surface area contributed by atoms with Crippen LogP contribution in [-0.4, -0.2) is 15.4 Å². The Hall–Kier alpha value is -0.500. The zero-order chi connectivity index (χ0) is 7.98. The Balaban J connectivity index is 0.000000236. The lowest BCUT2D eigenvalue weighted by molar-refractivity contribution is 0.858. The molecule has 0 bridgehead atoms. The van der Waals surface area contributed by atoms with Crippen LogP contribution in [0.2, 0.25) is 0 Å². The Kier molecular flexibility index (Phi) is 5.03. The van der Waals surface area contributed by atoms with Gasteiger partial charge in [-0.1, -0.05) is 6.92 Å². The molecule has 58 valence electrons. The van der Waals surface area contributed by atoms with Crippen LogP contribution in [0.3, 0.4) is 0 Å². The molecule has 0 radical (unpaired) electrons. The summed E-state index contributed by atoms with van der Waals surface area (Å²) in [6, 6.07) is 0. The van der Waals surface area contributed by atoms with Gasteiger partial charge in [-0.15, -0.1) is 11.6 Å². The van der Waals surface area contributed by atoms with Crippen molar-refractivity contribution in [3.05, 3.63) is 18.2 Å². The SMILES string of the molecule is CCCl.Cc1nccn1C. The standard InChI is InChI=1S/C5H8N2.C2H5Cl/c1-5-6-3-4-7(5)2;1-2-3/h3-4H,1-2H3;2H2,1H3. The fraction of sp³-hybridized carbons (Fsp3) is 0.571. The van der Waals surface area contributed by atoms with Crippen molar-refractivity contribution in [1.82, 2.24) is 9.55 Å². The molecule has 0 aliphatic heterocycles. The molecule has 0 saturated heterocycles. The molecule has 0 aliphatic carbocycles. The molecule has 0 aliphatic rings. The van der Waals surface area contributed by atoms with Gasteiger partial charge in [0.25, 0.3) is 0 Å². The molecule has 0 N–H and O–H groups in total. The first kappa shape index (κ1) is 9.50. The number of imidazole rings is 1. The van der Waals surface area contributed by atoms with Crippen molar-refractivity contribution in [3.8, 4) is 0 Å². The Morgan fingerprint density at radius 3 is 2.30 bits per heavy atom. The van der Waals surface area contributed by atoms with Gasteiger partial charge in [0.2, 0.25) is 0 Å². The van der Waals surface area contributed by atoms with Crippen LogP contribution in [-0.2, 0) is 7.05 Å². The van der Waals surface area contributed by atoms with Crippen LogP contribution in [0.1, 0.15) is 12.7 Å². The van der Waals surface area contributed by atoms with Crippen LogP contribution in [0.15, 0.2) is 12.4 Å². The molecule has 0 saturated carbocycles. The summed E-state index contributed by atoms with van der Waals surface area (Å²) in [5.74, 6) is 1.78. The van der Waals surface area contributed by atoms with E-state index in [1.54, 1.807) is 6.20 Å². The highest BCUT2D eigenvalue weighted by Gasteiger charge is 1.83. The van der Waals surface area contributed by atoms with Gasteiger partial charge in [-0.2, -0.15) is 0 Å². The molecule has 1 aromatic rings. The van der Waals surface area contributed by atoms with Gasteiger partial charge in [-0.05, 0) is 6.92 Å². The van der Waals surface area contributed by atoms with E-state index in [9.17, 15) is 0 Å². The second-order valence-corrected chi connectivity index (χ2v) is 2.39. The molecule has 0 spiro atoms. The number of hydrogen-bond donors (Lipinski definition) is 0. The minimum absolute atomic E-state index is 0.722. The quantitative estimate of drug-likeness (QED) is 0.531. The van der Waals surface area contributed by atoms with Crippen molar-refractivity contribution in [2.45, 2.75) is 13.8 Å². The highest BCUT2D eigenvalue weighted by molar-refractivity contribution is 6.17. The Morgan fingerprint density at radius 2 is 2.20 bits per heavy atom. The second kappa shape index (κ2) is 5.30. The molecule has 0 aromatic carbocycles. The second-order valence-electron chi connectivity index (χ2n) is 1.85. The normalized spacial score (nSPS) is 8.40. The van der Waals surface area contributed by atoms with E-state index in [1.807, 2.05) is 31.7 Å². The van der Waals surface area contributed by atoms with E-state index >= 15 is 0 Å². The fourth-order valence-electron chi connectivity index (χ4n) is 0.440. The number of aryl methyl sites for hydroxylation is 2. The lowest BCUT2D eigenvalue weighted by Gasteiger charge is -1.87. The average molecular weight is 161 g/mol. The molecule has 2 nitrogen and oxygen atoms in total. The molecule has 3 heteroatoms. The van der Waals surface area contributed by atoms with Gasteiger partial charge in [0.15, 0.2) is 0 Å². The number of rotatable bonds is 0. The first-order valence-electron chi connectivity index (χ1n) is 3.22. The molecule has 0 fully saturated rings.